The molecule has 0 aliphatic carbocycles. The number of pyridine rings is 1. The van der Waals surface area contributed by atoms with Crippen molar-refractivity contribution in [3.63, 3.8) is 0 Å². The summed E-state index contributed by atoms with van der Waals surface area (Å²) < 4.78 is 92.4. The summed E-state index contributed by atoms with van der Waals surface area (Å²) in [4.78, 5) is 21.2. The molecule has 3 heterocycles. The summed E-state index contributed by atoms with van der Waals surface area (Å²) in [6.45, 7) is 2.82. The number of aromatic nitrogens is 1. The molecule has 2 saturated heterocycles. The van der Waals surface area contributed by atoms with Crippen molar-refractivity contribution >= 4 is 17.7 Å². The maximum absolute atomic E-state index is 13.6. The Morgan fingerprint density at radius 2 is 1.72 bits per heavy atom. The van der Waals surface area contributed by atoms with E-state index in [2.05, 4.69) is 10.2 Å². The van der Waals surface area contributed by atoms with E-state index < -0.39 is 47.3 Å². The molecule has 1 aromatic heterocycles. The monoisotopic (exact) mass is 648 g/mol. The van der Waals surface area contributed by atoms with Crippen LogP contribution in [-0.4, -0.2) is 48.1 Å². The zero-order valence-corrected chi connectivity index (χ0v) is 24.6. The number of ether oxygens (including phenoxy) is 2. The number of benzene rings is 2. The van der Waals surface area contributed by atoms with Crippen molar-refractivity contribution in [2.45, 2.75) is 50.8 Å². The van der Waals surface area contributed by atoms with Gasteiger partial charge in [-0.1, -0.05) is 6.07 Å². The quantitative estimate of drug-likeness (QED) is 0.0705. The number of hydrogen-bond donors (Lipinski definition) is 1. The Balaban J connectivity index is 1.54. The summed E-state index contributed by atoms with van der Waals surface area (Å²) in [5.74, 6) is 6.32. The third-order valence-corrected chi connectivity index (χ3v) is 7.97. The average Bonchev–Trinajstić information content (AvgIpc) is 3.26. The number of anilines is 1. The van der Waals surface area contributed by atoms with Gasteiger partial charge in [0.1, 0.15) is 23.5 Å². The lowest BCUT2D eigenvalue weighted by atomic mass is 9.96. The Morgan fingerprint density at radius 1 is 1.04 bits per heavy atom. The van der Waals surface area contributed by atoms with Crippen molar-refractivity contribution in [3.8, 4) is 16.9 Å². The van der Waals surface area contributed by atoms with Gasteiger partial charge in [-0.25, -0.2) is 9.78 Å². The van der Waals surface area contributed by atoms with E-state index in [0.29, 0.717) is 46.1 Å². The Labute approximate surface area is 259 Å². The third kappa shape index (κ3) is 6.55. The van der Waals surface area contributed by atoms with Crippen LogP contribution in [0.25, 0.3) is 16.7 Å². The summed E-state index contributed by atoms with van der Waals surface area (Å²) in [6, 6.07) is 8.92. The topological polar surface area (TPSA) is 128 Å². The fraction of sp³-hybridized carbons (Fsp3) is 0.367. The number of alkyl halides is 6. The van der Waals surface area contributed by atoms with Crippen LogP contribution in [0, 0.1) is 0 Å². The normalized spacial score (nSPS) is 18.8. The van der Waals surface area contributed by atoms with Crippen LogP contribution in [0.3, 0.4) is 0 Å². The number of carbonyl (C=O) groups is 1. The second-order valence-corrected chi connectivity index (χ2v) is 10.9. The van der Waals surface area contributed by atoms with Gasteiger partial charge in [-0.15, -0.1) is 0 Å². The second-order valence-electron chi connectivity index (χ2n) is 10.9. The minimum atomic E-state index is -5.06. The predicted molar refractivity (Wildman–Crippen MR) is 155 cm³/mol. The number of halogens is 6. The van der Waals surface area contributed by atoms with E-state index in [1.807, 2.05) is 4.90 Å². The highest BCUT2D eigenvalue weighted by Crippen LogP contribution is 2.42. The smallest absolute Gasteiger partial charge is 0.416 e. The average molecular weight is 649 g/mol. The van der Waals surface area contributed by atoms with E-state index >= 15 is 0 Å². The van der Waals surface area contributed by atoms with E-state index in [1.54, 1.807) is 30.3 Å². The van der Waals surface area contributed by atoms with Crippen LogP contribution in [0.1, 0.15) is 47.4 Å². The number of hydrazone groups is 1. The van der Waals surface area contributed by atoms with E-state index in [0.717, 1.165) is 19.5 Å². The maximum atomic E-state index is 13.6. The van der Waals surface area contributed by atoms with E-state index in [-0.39, 0.29) is 24.9 Å². The molecule has 2 atom stereocenters. The van der Waals surface area contributed by atoms with Crippen molar-refractivity contribution < 1.29 is 40.6 Å². The van der Waals surface area contributed by atoms with Crippen LogP contribution in [-0.2, 0) is 30.1 Å². The molecular weight excluding hydrogens is 620 g/mol. The molecule has 1 amide bonds. The van der Waals surface area contributed by atoms with Crippen molar-refractivity contribution in [2.24, 2.45) is 16.1 Å². The van der Waals surface area contributed by atoms with Crippen LogP contribution in [0.2, 0.25) is 0 Å². The first-order valence-electron chi connectivity index (χ1n) is 14.0. The molecule has 2 N–H and O–H groups in total. The molecule has 2 aliphatic rings. The van der Waals surface area contributed by atoms with E-state index in [9.17, 15) is 31.1 Å². The Bertz CT molecular complexity index is 1640. The number of methoxy groups -OCH3 is 1. The highest BCUT2D eigenvalue weighted by Gasteiger charge is 2.43. The standard InChI is InChI=1S/C30H28F6N7O3/c1-16-27(18-12-19(29(31,32)33)14-20(13-18)30(34,35)36)46-28(44)43(16)15-23-21(5-7-26(39-23)42-8-3-9-42)22-10-17(4-6-24(22)45-2)11-25(40-37)41-38/h4-7,10,12-14,16,27H,3,8-9,11,15,37H2,1-2H3/q-1/b40-25-/t16-,27-/m0/s1. The van der Waals surface area contributed by atoms with Gasteiger partial charge in [-0.2, -0.15) is 31.4 Å². The number of amidine groups is 1. The number of carbonyl (C=O) groups excluding carboxylic acids is 1. The molecular formula is C30H28F6N7O3-. The first-order valence-corrected chi connectivity index (χ1v) is 14.0. The summed E-state index contributed by atoms with van der Waals surface area (Å²) >= 11 is 0. The Morgan fingerprint density at radius 3 is 2.26 bits per heavy atom. The number of cyclic esters (lactones) is 1. The number of rotatable bonds is 8. The SMILES string of the molecule is COc1ccc(C/C(N=[N-])=N/N)cc1-c1ccc(N2CCC2)nc1CN1C(=O)O[C@H](c2cc(C(F)(F)F)cc(C(F)(F)F)c2)[C@@H]1C. The summed E-state index contributed by atoms with van der Waals surface area (Å²) in [7, 11) is 1.46. The molecule has 2 aromatic carbocycles. The van der Waals surface area contributed by atoms with Gasteiger partial charge in [0, 0.05) is 30.6 Å². The lowest BCUT2D eigenvalue weighted by Gasteiger charge is -2.33. The molecule has 46 heavy (non-hydrogen) atoms. The molecule has 10 nitrogen and oxygen atoms in total. The van der Waals surface area contributed by atoms with Gasteiger partial charge in [-0.05, 0) is 66.9 Å². The third-order valence-electron chi connectivity index (χ3n) is 7.97. The Kier molecular flexibility index (Phi) is 8.82. The van der Waals surface area contributed by atoms with Crippen LogP contribution >= 0.6 is 0 Å². The first kappa shape index (κ1) is 32.5. The molecule has 3 aromatic rings. The summed E-state index contributed by atoms with van der Waals surface area (Å²) in [6.07, 6.45) is -11.4. The predicted octanol–water partition coefficient (Wildman–Crippen LogP) is 6.92. The van der Waals surface area contributed by atoms with Gasteiger partial charge >= 0.3 is 18.4 Å². The fourth-order valence-electron chi connectivity index (χ4n) is 5.41. The number of amides is 1. The molecule has 0 unspecified atom stereocenters. The molecule has 16 heteroatoms. The van der Waals surface area contributed by atoms with E-state index in [1.165, 1.54) is 18.9 Å². The van der Waals surface area contributed by atoms with Crippen molar-refractivity contribution in [3.05, 3.63) is 82.0 Å². The molecule has 0 saturated carbocycles. The van der Waals surface area contributed by atoms with Crippen molar-refractivity contribution in [2.75, 3.05) is 25.1 Å². The van der Waals surface area contributed by atoms with Gasteiger partial charge in [0.15, 0.2) is 0 Å². The number of hydrogen-bond acceptors (Lipinski definition) is 7. The van der Waals surface area contributed by atoms with Gasteiger partial charge in [0.05, 0.1) is 36.5 Å². The van der Waals surface area contributed by atoms with Gasteiger partial charge in [0.25, 0.3) is 0 Å². The van der Waals surface area contributed by atoms with Crippen LogP contribution < -0.4 is 15.5 Å². The van der Waals surface area contributed by atoms with Crippen molar-refractivity contribution in [1.82, 2.24) is 9.88 Å². The van der Waals surface area contributed by atoms with Gasteiger partial charge < -0.3 is 30.9 Å². The van der Waals surface area contributed by atoms with E-state index in [4.69, 9.17) is 25.8 Å². The largest absolute Gasteiger partial charge is 0.705 e. The number of nitrogens with two attached hydrogens (primary N) is 1. The molecule has 244 valence electrons. The highest BCUT2D eigenvalue weighted by molar-refractivity contribution is 5.85. The lowest BCUT2D eigenvalue weighted by molar-refractivity contribution is -0.143. The molecule has 2 aliphatic heterocycles. The van der Waals surface area contributed by atoms with Crippen LogP contribution in [0.4, 0.5) is 37.0 Å². The molecule has 0 spiro atoms. The van der Waals surface area contributed by atoms with Crippen molar-refractivity contribution in [1.29, 1.82) is 0 Å². The molecule has 0 bridgehead atoms. The summed E-state index contributed by atoms with van der Waals surface area (Å²) in [5.41, 5.74) is 7.84. The van der Waals surface area contributed by atoms with Gasteiger partial charge in [-0.3, -0.25) is 4.90 Å². The van der Waals surface area contributed by atoms with Gasteiger partial charge in [0.2, 0.25) is 0 Å². The second kappa shape index (κ2) is 12.5. The minimum absolute atomic E-state index is 0.0265. The molecule has 2 fully saturated rings. The summed E-state index contributed by atoms with van der Waals surface area (Å²) in [5, 5.41) is 6.49. The minimum Gasteiger partial charge on any atom is -0.705 e. The zero-order valence-electron chi connectivity index (χ0n) is 24.6. The molecule has 5 rings (SSSR count). The Hall–Kier alpha value is -4.89. The lowest BCUT2D eigenvalue weighted by Crippen LogP contribution is -2.38. The van der Waals surface area contributed by atoms with Crippen LogP contribution in [0.15, 0.2) is 58.7 Å². The van der Waals surface area contributed by atoms with Crippen LogP contribution in [0.5, 0.6) is 5.75 Å². The highest BCUT2D eigenvalue weighted by atomic mass is 19.4. The molecule has 0 radical (unpaired) electrons. The zero-order chi connectivity index (χ0) is 33.4. The maximum Gasteiger partial charge on any atom is 0.416 e. The fourth-order valence-corrected chi connectivity index (χ4v) is 5.41. The number of nitrogens with zero attached hydrogens (tertiary/aromatic N) is 6. The first-order chi connectivity index (χ1) is 21.7.